The Labute approximate surface area is 91.5 Å². The van der Waals surface area contributed by atoms with Crippen molar-refractivity contribution in [3.05, 3.63) is 0 Å². The number of methoxy groups -OCH3 is 1. The van der Waals surface area contributed by atoms with Crippen LogP contribution in [0.2, 0.25) is 0 Å². The predicted octanol–water partition coefficient (Wildman–Crippen LogP) is 1.46. The van der Waals surface area contributed by atoms with Crippen LogP contribution in [-0.2, 0) is 14.4 Å². The second-order valence-corrected chi connectivity index (χ2v) is 4.19. The first kappa shape index (κ1) is 12.5. The lowest BCUT2D eigenvalue weighted by atomic mass is 9.82. The lowest BCUT2D eigenvalue weighted by molar-refractivity contribution is -0.174. The second kappa shape index (κ2) is 6.08. The molecule has 0 atom stereocenters. The van der Waals surface area contributed by atoms with Gasteiger partial charge in [0, 0.05) is 26.7 Å². The third kappa shape index (κ3) is 3.47. The molecule has 0 aromatic heterocycles. The SMILES string of the molecule is COCC1CCC(C(=O)N(C)OC)CC1. The molecular weight excluding hydrogens is 194 g/mol. The molecule has 0 N–H and O–H groups in total. The van der Waals surface area contributed by atoms with Gasteiger partial charge in [0.1, 0.15) is 0 Å². The summed E-state index contributed by atoms with van der Waals surface area (Å²) in [6, 6.07) is 0. The van der Waals surface area contributed by atoms with Crippen LogP contribution in [0.1, 0.15) is 25.7 Å². The maximum atomic E-state index is 11.8. The van der Waals surface area contributed by atoms with E-state index in [2.05, 4.69) is 0 Å². The topological polar surface area (TPSA) is 38.8 Å². The van der Waals surface area contributed by atoms with E-state index < -0.39 is 0 Å². The Morgan fingerprint density at radius 1 is 1.27 bits per heavy atom. The number of hydrogen-bond donors (Lipinski definition) is 0. The molecule has 1 fully saturated rings. The number of hydrogen-bond acceptors (Lipinski definition) is 3. The molecule has 1 aliphatic carbocycles. The van der Waals surface area contributed by atoms with E-state index in [1.54, 1.807) is 14.2 Å². The van der Waals surface area contributed by atoms with Gasteiger partial charge in [-0.2, -0.15) is 0 Å². The lowest BCUT2D eigenvalue weighted by Gasteiger charge is -2.29. The molecule has 0 aromatic rings. The van der Waals surface area contributed by atoms with Crippen molar-refractivity contribution >= 4 is 5.91 Å². The zero-order valence-corrected chi connectivity index (χ0v) is 9.86. The Balaban J connectivity index is 2.33. The van der Waals surface area contributed by atoms with Crippen molar-refractivity contribution in [2.75, 3.05) is 27.9 Å². The molecule has 4 nitrogen and oxygen atoms in total. The normalized spacial score (nSPS) is 26.3. The molecule has 0 aromatic carbocycles. The largest absolute Gasteiger partial charge is 0.384 e. The first-order valence-electron chi connectivity index (χ1n) is 5.49. The summed E-state index contributed by atoms with van der Waals surface area (Å²) < 4.78 is 5.13. The van der Waals surface area contributed by atoms with Gasteiger partial charge in [0.25, 0.3) is 0 Å². The van der Waals surface area contributed by atoms with Gasteiger partial charge >= 0.3 is 0 Å². The minimum atomic E-state index is 0.105. The van der Waals surface area contributed by atoms with Crippen LogP contribution in [0.3, 0.4) is 0 Å². The maximum Gasteiger partial charge on any atom is 0.248 e. The quantitative estimate of drug-likeness (QED) is 0.666. The van der Waals surface area contributed by atoms with Crippen LogP contribution in [0.4, 0.5) is 0 Å². The van der Waals surface area contributed by atoms with E-state index in [-0.39, 0.29) is 11.8 Å². The summed E-state index contributed by atoms with van der Waals surface area (Å²) in [5, 5.41) is 1.33. The highest BCUT2D eigenvalue weighted by molar-refractivity contribution is 5.77. The average Bonchev–Trinajstić information content (AvgIpc) is 2.28. The van der Waals surface area contributed by atoms with Gasteiger partial charge in [0.2, 0.25) is 5.91 Å². The van der Waals surface area contributed by atoms with Crippen LogP contribution in [0.5, 0.6) is 0 Å². The summed E-state index contributed by atoms with van der Waals surface area (Å²) >= 11 is 0. The third-order valence-electron chi connectivity index (χ3n) is 3.18. The summed E-state index contributed by atoms with van der Waals surface area (Å²) in [5.41, 5.74) is 0. The van der Waals surface area contributed by atoms with Crippen molar-refractivity contribution in [1.29, 1.82) is 0 Å². The molecule has 88 valence electrons. The van der Waals surface area contributed by atoms with Crippen LogP contribution in [0.25, 0.3) is 0 Å². The number of rotatable bonds is 4. The fourth-order valence-corrected chi connectivity index (χ4v) is 2.16. The van der Waals surface area contributed by atoms with Crippen molar-refractivity contribution in [2.24, 2.45) is 11.8 Å². The van der Waals surface area contributed by atoms with E-state index in [1.807, 2.05) is 0 Å². The highest BCUT2D eigenvalue weighted by atomic mass is 16.7. The highest BCUT2D eigenvalue weighted by Crippen LogP contribution is 2.29. The van der Waals surface area contributed by atoms with Crippen LogP contribution in [0.15, 0.2) is 0 Å². The van der Waals surface area contributed by atoms with Gasteiger partial charge in [0.15, 0.2) is 0 Å². The predicted molar refractivity (Wildman–Crippen MR) is 57.1 cm³/mol. The zero-order valence-electron chi connectivity index (χ0n) is 9.86. The van der Waals surface area contributed by atoms with Crippen molar-refractivity contribution < 1.29 is 14.4 Å². The fourth-order valence-electron chi connectivity index (χ4n) is 2.16. The summed E-state index contributed by atoms with van der Waals surface area (Å²) in [4.78, 5) is 16.7. The molecule has 0 unspecified atom stereocenters. The van der Waals surface area contributed by atoms with E-state index >= 15 is 0 Å². The molecule has 0 saturated heterocycles. The van der Waals surface area contributed by atoms with E-state index in [4.69, 9.17) is 9.57 Å². The molecular formula is C11H21NO3. The van der Waals surface area contributed by atoms with Gasteiger partial charge in [-0.3, -0.25) is 9.63 Å². The third-order valence-corrected chi connectivity index (χ3v) is 3.18. The molecule has 0 spiro atoms. The molecule has 4 heteroatoms. The Hall–Kier alpha value is -0.610. The van der Waals surface area contributed by atoms with Crippen molar-refractivity contribution in [3.8, 4) is 0 Å². The Morgan fingerprint density at radius 3 is 2.33 bits per heavy atom. The molecule has 1 aliphatic rings. The van der Waals surface area contributed by atoms with Gasteiger partial charge in [-0.15, -0.1) is 0 Å². The number of nitrogens with zero attached hydrogens (tertiary/aromatic N) is 1. The zero-order chi connectivity index (χ0) is 11.3. The van der Waals surface area contributed by atoms with Gasteiger partial charge in [0.05, 0.1) is 7.11 Å². The lowest BCUT2D eigenvalue weighted by Crippen LogP contribution is -2.34. The number of amides is 1. The summed E-state index contributed by atoms with van der Waals surface area (Å²) in [7, 11) is 4.92. The molecule has 1 amide bonds. The van der Waals surface area contributed by atoms with Gasteiger partial charge in [-0.05, 0) is 31.6 Å². The van der Waals surface area contributed by atoms with Crippen LogP contribution < -0.4 is 0 Å². The smallest absolute Gasteiger partial charge is 0.248 e. The van der Waals surface area contributed by atoms with E-state index in [0.717, 1.165) is 32.3 Å². The first-order valence-corrected chi connectivity index (χ1v) is 5.49. The standard InChI is InChI=1S/C11H21NO3/c1-12(15-3)11(13)10-6-4-9(5-7-10)8-14-2/h9-10H,4-8H2,1-3H3. The molecule has 0 bridgehead atoms. The van der Waals surface area contributed by atoms with Crippen molar-refractivity contribution in [2.45, 2.75) is 25.7 Å². The monoisotopic (exact) mass is 215 g/mol. The van der Waals surface area contributed by atoms with Gasteiger partial charge in [-0.1, -0.05) is 0 Å². The minimum absolute atomic E-state index is 0.105. The highest BCUT2D eigenvalue weighted by Gasteiger charge is 2.28. The molecule has 0 aliphatic heterocycles. The van der Waals surface area contributed by atoms with Gasteiger partial charge in [-0.25, -0.2) is 5.06 Å². The number of carbonyl (C=O) groups is 1. The molecule has 1 rings (SSSR count). The minimum Gasteiger partial charge on any atom is -0.384 e. The second-order valence-electron chi connectivity index (χ2n) is 4.19. The van der Waals surface area contributed by atoms with Crippen LogP contribution in [0, 0.1) is 11.8 Å². The summed E-state index contributed by atoms with van der Waals surface area (Å²) in [6.45, 7) is 0.820. The van der Waals surface area contributed by atoms with Crippen LogP contribution in [-0.4, -0.2) is 38.8 Å². The fraction of sp³-hybridized carbons (Fsp3) is 0.909. The summed E-state index contributed by atoms with van der Waals surface area (Å²) in [5.74, 6) is 0.878. The molecule has 0 radical (unpaired) electrons. The van der Waals surface area contributed by atoms with E-state index in [9.17, 15) is 4.79 Å². The van der Waals surface area contributed by atoms with E-state index in [0.29, 0.717) is 5.92 Å². The van der Waals surface area contributed by atoms with Crippen LogP contribution >= 0.6 is 0 Å². The number of ether oxygens (including phenoxy) is 1. The molecule has 1 saturated carbocycles. The van der Waals surface area contributed by atoms with Crippen molar-refractivity contribution in [3.63, 3.8) is 0 Å². The molecule has 0 heterocycles. The maximum absolute atomic E-state index is 11.8. The van der Waals surface area contributed by atoms with Crippen molar-refractivity contribution in [1.82, 2.24) is 5.06 Å². The Morgan fingerprint density at radius 2 is 1.87 bits per heavy atom. The van der Waals surface area contributed by atoms with Gasteiger partial charge < -0.3 is 4.74 Å². The number of carbonyl (C=O) groups excluding carboxylic acids is 1. The Bertz CT molecular complexity index is 200. The molecule has 15 heavy (non-hydrogen) atoms. The van der Waals surface area contributed by atoms with E-state index in [1.165, 1.54) is 12.2 Å². The number of hydroxylamine groups is 2. The Kier molecular flexibility index (Phi) is 5.05. The average molecular weight is 215 g/mol. The first-order chi connectivity index (χ1) is 7.19. The summed E-state index contributed by atoms with van der Waals surface area (Å²) in [6.07, 6.45) is 4.09.